The average Bonchev–Trinajstić information content (AvgIpc) is 3.30. The monoisotopic (exact) mass is 589 g/mol. The van der Waals surface area contributed by atoms with Gasteiger partial charge in [-0.15, -0.1) is 0 Å². The molecule has 8 nitrogen and oxygen atoms in total. The number of ether oxygens (including phenoxy) is 2. The summed E-state index contributed by atoms with van der Waals surface area (Å²) in [6.07, 6.45) is -5.48. The number of anilines is 2. The molecule has 4 N–H and O–H groups in total. The van der Waals surface area contributed by atoms with Crippen LogP contribution < -0.4 is 20.7 Å². The van der Waals surface area contributed by atoms with E-state index in [2.05, 4.69) is 16.0 Å². The Morgan fingerprint density at radius 3 is 2.34 bits per heavy atom. The van der Waals surface area contributed by atoms with Gasteiger partial charge in [0.1, 0.15) is 18.0 Å². The van der Waals surface area contributed by atoms with Gasteiger partial charge in [0.2, 0.25) is 5.91 Å². The van der Waals surface area contributed by atoms with Crippen molar-refractivity contribution in [1.29, 1.82) is 0 Å². The molecule has 216 valence electrons. The zero-order chi connectivity index (χ0) is 29.1. The van der Waals surface area contributed by atoms with Crippen molar-refractivity contribution >= 4 is 34.9 Å². The second-order valence-electron chi connectivity index (χ2n) is 9.92. The van der Waals surface area contributed by atoms with Gasteiger partial charge in [-0.2, -0.15) is 13.2 Å². The molecule has 3 amide bonds. The maximum Gasteiger partial charge on any atom is 0.416 e. The molecule has 0 aromatic heterocycles. The van der Waals surface area contributed by atoms with Gasteiger partial charge in [-0.05, 0) is 66.6 Å². The van der Waals surface area contributed by atoms with Gasteiger partial charge in [0.15, 0.2) is 0 Å². The van der Waals surface area contributed by atoms with E-state index in [1.54, 1.807) is 30.3 Å². The lowest BCUT2D eigenvalue weighted by Crippen LogP contribution is -2.47. The number of rotatable bonds is 7. The molecule has 0 saturated carbocycles. The van der Waals surface area contributed by atoms with E-state index in [9.17, 15) is 27.9 Å². The Kier molecular flexibility index (Phi) is 8.39. The zero-order valence-corrected chi connectivity index (χ0v) is 22.3. The fourth-order valence-corrected chi connectivity index (χ4v) is 5.21. The normalized spacial score (nSPS) is 21.3. The number of urea groups is 1. The minimum atomic E-state index is -4.47. The largest absolute Gasteiger partial charge is 0.487 e. The molecule has 1 fully saturated rings. The van der Waals surface area contributed by atoms with E-state index in [-0.39, 0.29) is 30.5 Å². The Bertz CT molecular complexity index is 1400. The van der Waals surface area contributed by atoms with E-state index >= 15 is 0 Å². The molecule has 4 atom stereocenters. The van der Waals surface area contributed by atoms with E-state index in [0.29, 0.717) is 29.4 Å². The summed E-state index contributed by atoms with van der Waals surface area (Å²) in [5, 5.41) is 18.7. The Hall–Kier alpha value is -3.80. The number of aliphatic hydroxyl groups excluding tert-OH is 1. The van der Waals surface area contributed by atoms with Crippen molar-refractivity contribution in [3.63, 3.8) is 0 Å². The van der Waals surface area contributed by atoms with Crippen LogP contribution in [0.1, 0.15) is 35.4 Å². The Morgan fingerprint density at radius 2 is 1.66 bits per heavy atom. The van der Waals surface area contributed by atoms with Crippen molar-refractivity contribution in [1.82, 2.24) is 5.32 Å². The van der Waals surface area contributed by atoms with Crippen LogP contribution >= 0.6 is 11.6 Å². The lowest BCUT2D eigenvalue weighted by molar-refractivity contribution is -0.142. The maximum absolute atomic E-state index is 12.8. The number of carbonyl (C=O) groups is 2. The summed E-state index contributed by atoms with van der Waals surface area (Å²) >= 11 is 5.91. The topological polar surface area (TPSA) is 109 Å². The van der Waals surface area contributed by atoms with Gasteiger partial charge < -0.3 is 30.5 Å². The van der Waals surface area contributed by atoms with Crippen LogP contribution in [0.25, 0.3) is 0 Å². The van der Waals surface area contributed by atoms with Crippen molar-refractivity contribution in [3.8, 4) is 5.75 Å². The van der Waals surface area contributed by atoms with Crippen molar-refractivity contribution in [3.05, 3.63) is 88.4 Å². The number of alkyl halides is 3. The van der Waals surface area contributed by atoms with E-state index in [0.717, 1.165) is 23.3 Å². The van der Waals surface area contributed by atoms with Gasteiger partial charge in [0.25, 0.3) is 0 Å². The first kappa shape index (κ1) is 28.7. The summed E-state index contributed by atoms with van der Waals surface area (Å²) < 4.78 is 50.4. The first-order valence-electron chi connectivity index (χ1n) is 12.9. The fourth-order valence-electron chi connectivity index (χ4n) is 5.08. The smallest absolute Gasteiger partial charge is 0.416 e. The molecule has 0 unspecified atom stereocenters. The van der Waals surface area contributed by atoms with Gasteiger partial charge in [0, 0.05) is 34.4 Å². The molecule has 3 aromatic rings. The highest BCUT2D eigenvalue weighted by Gasteiger charge is 2.46. The first-order valence-corrected chi connectivity index (χ1v) is 13.3. The number of benzene rings is 3. The lowest BCUT2D eigenvalue weighted by atomic mass is 9.84. The van der Waals surface area contributed by atoms with E-state index < -0.39 is 36.1 Å². The van der Waals surface area contributed by atoms with E-state index in [1.807, 2.05) is 12.1 Å². The summed E-state index contributed by atoms with van der Waals surface area (Å²) in [6.45, 7) is 0.0480. The predicted molar refractivity (Wildman–Crippen MR) is 146 cm³/mol. The number of carbonyl (C=O) groups excluding carboxylic acids is 2. The van der Waals surface area contributed by atoms with Crippen molar-refractivity contribution < 1.29 is 37.3 Å². The highest BCUT2D eigenvalue weighted by Crippen LogP contribution is 2.47. The number of aliphatic hydroxyl groups is 1. The molecule has 3 aromatic carbocycles. The minimum Gasteiger partial charge on any atom is -0.487 e. The van der Waals surface area contributed by atoms with Crippen molar-refractivity contribution in [2.45, 2.75) is 49.8 Å². The van der Waals surface area contributed by atoms with Crippen molar-refractivity contribution in [2.75, 3.05) is 17.2 Å². The molecular formula is C29H27ClF3N3O5. The van der Waals surface area contributed by atoms with Crippen molar-refractivity contribution in [2.24, 2.45) is 0 Å². The lowest BCUT2D eigenvalue weighted by Gasteiger charge is -2.37. The Morgan fingerprint density at radius 1 is 0.976 bits per heavy atom. The molecule has 2 aliphatic rings. The van der Waals surface area contributed by atoms with E-state index in [4.69, 9.17) is 21.1 Å². The predicted octanol–water partition coefficient (Wildman–Crippen LogP) is 5.70. The highest BCUT2D eigenvalue weighted by atomic mass is 35.5. The van der Waals surface area contributed by atoms with Crippen LogP contribution in [0.3, 0.4) is 0 Å². The minimum absolute atomic E-state index is 0.0934. The number of nitrogens with one attached hydrogen (secondary N) is 3. The highest BCUT2D eigenvalue weighted by molar-refractivity contribution is 6.30. The number of fused-ring (bicyclic) bond motifs is 3. The molecule has 12 heteroatoms. The van der Waals surface area contributed by atoms with Gasteiger partial charge in [-0.3, -0.25) is 4.79 Å². The molecular weight excluding hydrogens is 563 g/mol. The van der Waals surface area contributed by atoms with Crippen LogP contribution in [-0.2, 0) is 22.3 Å². The fraction of sp³-hybridized carbons (Fsp3) is 0.310. The maximum atomic E-state index is 12.8. The summed E-state index contributed by atoms with van der Waals surface area (Å²) in [5.41, 5.74) is 1.54. The molecule has 5 rings (SSSR count). The van der Waals surface area contributed by atoms with Gasteiger partial charge in [-0.1, -0.05) is 23.7 Å². The molecule has 0 radical (unpaired) electrons. The van der Waals surface area contributed by atoms with Crippen LogP contribution in [0.2, 0.25) is 5.02 Å². The van der Waals surface area contributed by atoms with Crippen LogP contribution in [0.5, 0.6) is 5.75 Å². The van der Waals surface area contributed by atoms with Crippen LogP contribution in [0.15, 0.2) is 66.7 Å². The molecule has 41 heavy (non-hydrogen) atoms. The van der Waals surface area contributed by atoms with Gasteiger partial charge in [0.05, 0.1) is 24.7 Å². The number of hydrogen-bond acceptors (Lipinski definition) is 5. The Balaban J connectivity index is 1.21. The number of hydrogen-bond donors (Lipinski definition) is 4. The molecule has 1 saturated heterocycles. The zero-order valence-electron chi connectivity index (χ0n) is 21.6. The third kappa shape index (κ3) is 6.92. The molecule has 0 bridgehead atoms. The number of amides is 3. The summed E-state index contributed by atoms with van der Waals surface area (Å²) in [4.78, 5) is 25.2. The molecule has 2 heterocycles. The SMILES string of the molecule is O=C(C[C@H]1C[C@H]2c3cc(NC(=O)Nc4ccc(C(F)(F)F)cc4)ccc3O[C@H]2[C@H](CO)O1)NCc1ccc(Cl)cc1. The number of halogens is 4. The summed E-state index contributed by atoms with van der Waals surface area (Å²) in [5.74, 6) is 0.197. The van der Waals surface area contributed by atoms with Gasteiger partial charge >= 0.3 is 12.2 Å². The third-order valence-electron chi connectivity index (χ3n) is 7.04. The molecule has 2 aliphatic heterocycles. The molecule has 0 spiro atoms. The second-order valence-corrected chi connectivity index (χ2v) is 10.4. The summed E-state index contributed by atoms with van der Waals surface area (Å²) in [6, 6.07) is 15.7. The average molecular weight is 590 g/mol. The van der Waals surface area contributed by atoms with Gasteiger partial charge in [-0.25, -0.2) is 4.79 Å². The second kappa shape index (κ2) is 12.0. The summed E-state index contributed by atoms with van der Waals surface area (Å²) in [7, 11) is 0. The quantitative estimate of drug-likeness (QED) is 0.283. The first-order chi connectivity index (χ1) is 19.6. The standard InChI is InChI=1S/C29H27ClF3N3O5/c30-18-5-1-16(2-6-18)14-34-26(38)13-21-12-23-22-11-20(9-10-24(22)41-27(23)25(15-37)40-21)36-28(39)35-19-7-3-17(4-8-19)29(31,32)33/h1-11,21,23,25,27,37H,12-15H2,(H,34,38)(H2,35,36,39)/t21-,23+,25+,27-/m1/s1. The Labute approximate surface area is 238 Å². The third-order valence-corrected chi connectivity index (χ3v) is 7.30. The van der Waals surface area contributed by atoms with Crippen LogP contribution in [-0.4, -0.2) is 42.0 Å². The van der Waals surface area contributed by atoms with E-state index in [1.165, 1.54) is 12.1 Å². The molecule has 0 aliphatic carbocycles. The van der Waals surface area contributed by atoms with Crippen LogP contribution in [0.4, 0.5) is 29.3 Å². The van der Waals surface area contributed by atoms with Crippen LogP contribution in [0, 0.1) is 0 Å².